The minimum Gasteiger partial charge on any atom is -0.478 e. The van der Waals surface area contributed by atoms with Gasteiger partial charge in [0.1, 0.15) is 0 Å². The van der Waals surface area contributed by atoms with E-state index in [1.807, 2.05) is 0 Å². The minimum atomic E-state index is -3.42. The van der Waals surface area contributed by atoms with Gasteiger partial charge in [-0.3, -0.25) is 4.72 Å². The smallest absolute Gasteiger partial charge is 0.337 e. The maximum Gasteiger partial charge on any atom is 0.337 e. The second-order valence-corrected chi connectivity index (χ2v) is 6.37. The summed E-state index contributed by atoms with van der Waals surface area (Å²) in [6, 6.07) is 3.04. The largest absolute Gasteiger partial charge is 0.478 e. The lowest BCUT2D eigenvalue weighted by Gasteiger charge is -2.14. The Kier molecular flexibility index (Phi) is 3.66. The number of carboxylic acid groups (broad SMARTS) is 1. The van der Waals surface area contributed by atoms with E-state index < -0.39 is 16.0 Å². The number of sulfonamides is 1. The Morgan fingerprint density at radius 3 is 2.74 bits per heavy atom. The van der Waals surface area contributed by atoms with Crippen molar-refractivity contribution >= 4 is 27.4 Å². The molecule has 0 radical (unpaired) electrons. The van der Waals surface area contributed by atoms with Gasteiger partial charge >= 0.3 is 5.97 Å². The van der Waals surface area contributed by atoms with Crippen molar-refractivity contribution in [1.82, 2.24) is 0 Å². The Hall–Kier alpha value is -1.76. The Morgan fingerprint density at radius 1 is 1.37 bits per heavy atom. The number of hydrogen-bond donors (Lipinski definition) is 3. The van der Waals surface area contributed by atoms with Crippen molar-refractivity contribution in [3.8, 4) is 0 Å². The molecule has 0 amide bonds. The van der Waals surface area contributed by atoms with Crippen LogP contribution < -0.4 is 10.0 Å². The third-order valence-electron chi connectivity index (χ3n) is 2.93. The number of carboxylic acids is 1. The minimum absolute atomic E-state index is 0.102. The van der Waals surface area contributed by atoms with Crippen LogP contribution in [0.25, 0.3) is 0 Å². The van der Waals surface area contributed by atoms with Crippen molar-refractivity contribution in [3.63, 3.8) is 0 Å². The van der Waals surface area contributed by atoms with Gasteiger partial charge in [0.15, 0.2) is 0 Å². The third-order valence-corrected chi connectivity index (χ3v) is 3.53. The highest BCUT2D eigenvalue weighted by Gasteiger charge is 2.18. The normalized spacial score (nSPS) is 15.0. The summed E-state index contributed by atoms with van der Waals surface area (Å²) in [6.07, 6.45) is 3.68. The van der Waals surface area contributed by atoms with Crippen LogP contribution in [0, 0.1) is 0 Å². The monoisotopic (exact) mass is 284 g/mol. The Bertz CT molecular complexity index is 610. The molecule has 0 saturated heterocycles. The molecule has 3 N–H and O–H groups in total. The average Bonchev–Trinajstić information content (AvgIpc) is 2.50. The lowest BCUT2D eigenvalue weighted by molar-refractivity contribution is 0.0698. The molecule has 2 rings (SSSR count). The summed E-state index contributed by atoms with van der Waals surface area (Å²) in [4.78, 5) is 11.3. The number of benzene rings is 1. The Balaban J connectivity index is 2.52. The zero-order chi connectivity index (χ0) is 14.0. The van der Waals surface area contributed by atoms with Crippen molar-refractivity contribution in [2.24, 2.45) is 0 Å². The number of anilines is 2. The van der Waals surface area contributed by atoms with Crippen LogP contribution in [0.1, 0.15) is 28.8 Å². The van der Waals surface area contributed by atoms with E-state index in [4.69, 9.17) is 0 Å². The van der Waals surface area contributed by atoms with E-state index in [2.05, 4.69) is 10.0 Å². The summed E-state index contributed by atoms with van der Waals surface area (Å²) in [6.45, 7) is 0.728. The zero-order valence-corrected chi connectivity index (χ0v) is 11.4. The molecule has 0 fully saturated rings. The molecule has 7 heteroatoms. The molecule has 1 aromatic carbocycles. The fraction of sp³-hybridized carbons (Fsp3) is 0.417. The lowest BCUT2D eigenvalue weighted by Crippen LogP contribution is -2.13. The standard InChI is InChI=1S/C12H16N2O4S/c1-19(17,18)14-9-6-8-4-2-3-5-13-11(8)10(7-9)12(15)16/h6-7,13-14H,2-5H2,1H3,(H,15,16). The molecule has 0 atom stereocenters. The molecule has 1 aliphatic heterocycles. The predicted molar refractivity (Wildman–Crippen MR) is 73.3 cm³/mol. The summed E-state index contributed by atoms with van der Waals surface area (Å²) in [7, 11) is -3.42. The van der Waals surface area contributed by atoms with Gasteiger partial charge in [-0.25, -0.2) is 13.2 Å². The van der Waals surface area contributed by atoms with Crippen LogP contribution in [0.2, 0.25) is 0 Å². The third kappa shape index (κ3) is 3.37. The number of rotatable bonds is 3. The van der Waals surface area contributed by atoms with E-state index in [1.54, 1.807) is 6.07 Å². The number of aryl methyl sites for hydroxylation is 1. The first-order valence-corrected chi connectivity index (χ1v) is 7.88. The van der Waals surface area contributed by atoms with Crippen LogP contribution in [0.5, 0.6) is 0 Å². The molecule has 19 heavy (non-hydrogen) atoms. The fourth-order valence-corrected chi connectivity index (χ4v) is 2.75. The summed E-state index contributed by atoms with van der Waals surface area (Å²) in [5.41, 5.74) is 1.83. The summed E-state index contributed by atoms with van der Waals surface area (Å²) < 4.78 is 24.8. The number of hydrogen-bond acceptors (Lipinski definition) is 4. The quantitative estimate of drug-likeness (QED) is 0.782. The van der Waals surface area contributed by atoms with E-state index in [0.717, 1.165) is 37.6 Å². The van der Waals surface area contributed by atoms with Crippen molar-refractivity contribution in [3.05, 3.63) is 23.3 Å². The maximum absolute atomic E-state index is 11.3. The van der Waals surface area contributed by atoms with Gasteiger partial charge in [0.25, 0.3) is 0 Å². The Labute approximate surface area is 111 Å². The van der Waals surface area contributed by atoms with Crippen LogP contribution in [0.4, 0.5) is 11.4 Å². The van der Waals surface area contributed by atoms with E-state index in [1.165, 1.54) is 6.07 Å². The highest BCUT2D eigenvalue weighted by Crippen LogP contribution is 2.30. The molecule has 0 unspecified atom stereocenters. The molecule has 6 nitrogen and oxygen atoms in total. The number of carbonyl (C=O) groups is 1. The molecule has 0 spiro atoms. The van der Waals surface area contributed by atoms with Crippen molar-refractivity contribution in [2.45, 2.75) is 19.3 Å². The summed E-state index contributed by atoms with van der Waals surface area (Å²) in [5, 5.41) is 12.3. The highest BCUT2D eigenvalue weighted by atomic mass is 32.2. The molecule has 1 aromatic rings. The molecule has 0 bridgehead atoms. The van der Waals surface area contributed by atoms with E-state index in [-0.39, 0.29) is 5.56 Å². The van der Waals surface area contributed by atoms with E-state index in [0.29, 0.717) is 11.4 Å². The second-order valence-electron chi connectivity index (χ2n) is 4.62. The first-order chi connectivity index (χ1) is 8.87. The lowest BCUT2D eigenvalue weighted by atomic mass is 10.0. The topological polar surface area (TPSA) is 95.5 Å². The molecule has 0 saturated carbocycles. The molecular weight excluding hydrogens is 268 g/mol. The van der Waals surface area contributed by atoms with Crippen LogP contribution in [0.3, 0.4) is 0 Å². The highest BCUT2D eigenvalue weighted by molar-refractivity contribution is 7.92. The second kappa shape index (κ2) is 5.08. The van der Waals surface area contributed by atoms with Gasteiger partial charge in [0.05, 0.1) is 17.5 Å². The van der Waals surface area contributed by atoms with Crippen LogP contribution in [-0.4, -0.2) is 32.3 Å². The Morgan fingerprint density at radius 2 is 2.11 bits per heavy atom. The van der Waals surface area contributed by atoms with Gasteiger partial charge in [-0.05, 0) is 37.0 Å². The zero-order valence-electron chi connectivity index (χ0n) is 10.6. The first-order valence-electron chi connectivity index (χ1n) is 5.99. The molecule has 104 valence electrons. The number of fused-ring (bicyclic) bond motifs is 1. The van der Waals surface area contributed by atoms with Gasteiger partial charge in [-0.1, -0.05) is 0 Å². The summed E-state index contributed by atoms with van der Waals surface area (Å²) >= 11 is 0. The maximum atomic E-state index is 11.3. The van der Waals surface area contributed by atoms with Crippen LogP contribution in [0.15, 0.2) is 12.1 Å². The first kappa shape index (κ1) is 13.7. The van der Waals surface area contributed by atoms with Gasteiger partial charge in [0, 0.05) is 12.2 Å². The molecule has 0 aliphatic carbocycles. The molecule has 0 aromatic heterocycles. The predicted octanol–water partition coefficient (Wildman–Crippen LogP) is 1.50. The van der Waals surface area contributed by atoms with Gasteiger partial charge in [-0.15, -0.1) is 0 Å². The van der Waals surface area contributed by atoms with Crippen LogP contribution >= 0.6 is 0 Å². The fourth-order valence-electron chi connectivity index (χ4n) is 2.20. The SMILES string of the molecule is CS(=O)(=O)Nc1cc2c(c(C(=O)O)c1)NCCCC2. The number of nitrogens with one attached hydrogen (secondary N) is 2. The van der Waals surface area contributed by atoms with Crippen molar-refractivity contribution in [1.29, 1.82) is 0 Å². The average molecular weight is 284 g/mol. The van der Waals surface area contributed by atoms with E-state index >= 15 is 0 Å². The molecular formula is C12H16N2O4S. The van der Waals surface area contributed by atoms with Crippen LogP contribution in [-0.2, 0) is 16.4 Å². The number of aromatic carboxylic acids is 1. The molecule has 1 heterocycles. The van der Waals surface area contributed by atoms with Gasteiger partial charge in [-0.2, -0.15) is 0 Å². The summed E-state index contributed by atoms with van der Waals surface area (Å²) in [5.74, 6) is -1.07. The van der Waals surface area contributed by atoms with Gasteiger partial charge in [0.2, 0.25) is 10.0 Å². The van der Waals surface area contributed by atoms with Gasteiger partial charge < -0.3 is 10.4 Å². The van der Waals surface area contributed by atoms with Crippen molar-refractivity contribution < 1.29 is 18.3 Å². The van der Waals surface area contributed by atoms with Crippen molar-refractivity contribution in [2.75, 3.05) is 22.8 Å². The molecule has 1 aliphatic rings. The van der Waals surface area contributed by atoms with E-state index in [9.17, 15) is 18.3 Å².